The highest BCUT2D eigenvalue weighted by Gasteiger charge is 2.31. The predicted molar refractivity (Wildman–Crippen MR) is 115 cm³/mol. The number of hydrogen-bond donors (Lipinski definition) is 4. The third-order valence-corrected chi connectivity index (χ3v) is 5.33. The number of benzene rings is 1. The van der Waals surface area contributed by atoms with Crippen molar-refractivity contribution in [2.24, 2.45) is 11.5 Å². The lowest BCUT2D eigenvalue weighted by molar-refractivity contribution is 0.0498. The Morgan fingerprint density at radius 1 is 1.26 bits per heavy atom. The summed E-state index contributed by atoms with van der Waals surface area (Å²) in [5, 5.41) is 14.7. The van der Waals surface area contributed by atoms with Crippen molar-refractivity contribution in [3.05, 3.63) is 48.4 Å². The molecule has 2 aromatic heterocycles. The Morgan fingerprint density at radius 2 is 2.06 bits per heavy atom. The van der Waals surface area contributed by atoms with E-state index in [1.54, 1.807) is 19.5 Å². The summed E-state index contributed by atoms with van der Waals surface area (Å²) >= 11 is 0. The molecular weight excluding hydrogens is 398 g/mol. The number of methoxy groups -OCH3 is 1. The standard InChI is InChI=1S/C20H25N9O2/c1-31-16-7-3-6-15(17(16)21)27-20-23-11-14(18(22)30)19(28-20)26-12-4-2-5-13(10-12)29-24-8-9-25-29/h2,4-5,8-11,15-17H,3,6-7,21H2,1H3,(H2,22,30)(H2,23,26,27,28)/t15-,16?,17-/m1/s1. The van der Waals surface area contributed by atoms with Crippen LogP contribution >= 0.6 is 0 Å². The molecule has 6 N–H and O–H groups in total. The van der Waals surface area contributed by atoms with Crippen LogP contribution in [0.5, 0.6) is 0 Å². The van der Waals surface area contributed by atoms with Gasteiger partial charge in [-0.2, -0.15) is 20.0 Å². The Morgan fingerprint density at radius 3 is 2.81 bits per heavy atom. The van der Waals surface area contributed by atoms with Gasteiger partial charge in [-0.1, -0.05) is 6.07 Å². The molecule has 1 amide bonds. The van der Waals surface area contributed by atoms with Crippen molar-refractivity contribution in [1.29, 1.82) is 0 Å². The molecule has 0 aliphatic heterocycles. The topological polar surface area (TPSA) is 159 Å². The van der Waals surface area contributed by atoms with Gasteiger partial charge in [0, 0.05) is 25.0 Å². The molecule has 11 heteroatoms. The Bertz CT molecular complexity index is 1040. The van der Waals surface area contributed by atoms with Gasteiger partial charge in [0.05, 0.1) is 30.2 Å². The lowest BCUT2D eigenvalue weighted by Crippen LogP contribution is -2.52. The van der Waals surface area contributed by atoms with E-state index in [2.05, 4.69) is 30.8 Å². The number of nitrogens with one attached hydrogen (secondary N) is 2. The van der Waals surface area contributed by atoms with Crippen LogP contribution < -0.4 is 22.1 Å². The van der Waals surface area contributed by atoms with E-state index in [0.29, 0.717) is 17.5 Å². The second kappa shape index (κ2) is 9.06. The minimum absolute atomic E-state index is 0.0209. The van der Waals surface area contributed by atoms with Gasteiger partial charge >= 0.3 is 0 Å². The van der Waals surface area contributed by atoms with E-state index in [9.17, 15) is 4.79 Å². The predicted octanol–water partition coefficient (Wildman–Crippen LogP) is 1.21. The first-order chi connectivity index (χ1) is 15.0. The molecule has 1 aliphatic carbocycles. The minimum atomic E-state index is -0.632. The molecule has 1 aromatic carbocycles. The van der Waals surface area contributed by atoms with Crippen LogP contribution in [0.3, 0.4) is 0 Å². The molecule has 1 aliphatic rings. The summed E-state index contributed by atoms with van der Waals surface area (Å²) < 4.78 is 5.47. The fourth-order valence-electron chi connectivity index (χ4n) is 3.71. The van der Waals surface area contributed by atoms with Gasteiger partial charge in [0.15, 0.2) is 0 Å². The second-order valence-electron chi connectivity index (χ2n) is 7.35. The zero-order valence-electron chi connectivity index (χ0n) is 17.1. The van der Waals surface area contributed by atoms with Gasteiger partial charge in [-0.15, -0.1) is 0 Å². The van der Waals surface area contributed by atoms with Gasteiger partial charge in [0.2, 0.25) is 5.95 Å². The smallest absolute Gasteiger partial charge is 0.254 e. The number of nitrogens with zero attached hydrogens (tertiary/aromatic N) is 5. The quantitative estimate of drug-likeness (QED) is 0.438. The summed E-state index contributed by atoms with van der Waals surface area (Å²) in [6.45, 7) is 0. The summed E-state index contributed by atoms with van der Waals surface area (Å²) in [5.41, 5.74) is 13.5. The van der Waals surface area contributed by atoms with Gasteiger partial charge < -0.3 is 26.8 Å². The third kappa shape index (κ3) is 4.62. The molecule has 3 atom stereocenters. The maximum Gasteiger partial charge on any atom is 0.254 e. The molecule has 0 saturated heterocycles. The van der Waals surface area contributed by atoms with Crippen molar-refractivity contribution >= 4 is 23.4 Å². The normalized spacial score (nSPS) is 20.9. The van der Waals surface area contributed by atoms with Crippen LogP contribution in [-0.4, -0.2) is 56.2 Å². The van der Waals surface area contributed by atoms with Crippen LogP contribution in [0.15, 0.2) is 42.9 Å². The summed E-state index contributed by atoms with van der Waals surface area (Å²) in [7, 11) is 1.67. The number of nitrogens with two attached hydrogens (primary N) is 2. The highest BCUT2D eigenvalue weighted by Crippen LogP contribution is 2.25. The van der Waals surface area contributed by atoms with E-state index in [4.69, 9.17) is 16.2 Å². The Hall–Kier alpha value is -3.57. The molecule has 1 saturated carbocycles. The van der Waals surface area contributed by atoms with Crippen LogP contribution in [0.25, 0.3) is 5.69 Å². The van der Waals surface area contributed by atoms with E-state index >= 15 is 0 Å². The number of anilines is 3. The molecule has 3 aromatic rings. The minimum Gasteiger partial charge on any atom is -0.380 e. The summed E-state index contributed by atoms with van der Waals surface area (Å²) in [6.07, 6.45) is 7.36. The van der Waals surface area contributed by atoms with Gasteiger partial charge in [-0.05, 0) is 37.5 Å². The average molecular weight is 423 g/mol. The lowest BCUT2D eigenvalue weighted by atomic mass is 9.88. The van der Waals surface area contributed by atoms with E-state index in [0.717, 1.165) is 24.9 Å². The Labute approximate surface area is 179 Å². The van der Waals surface area contributed by atoms with Crippen LogP contribution in [0, 0.1) is 0 Å². The summed E-state index contributed by atoms with van der Waals surface area (Å²) in [6, 6.07) is 7.15. The molecule has 162 valence electrons. The molecule has 0 radical (unpaired) electrons. The fraction of sp³-hybridized carbons (Fsp3) is 0.350. The number of primary amides is 1. The molecule has 4 rings (SSSR count). The van der Waals surface area contributed by atoms with Gasteiger partial charge in [-0.3, -0.25) is 4.79 Å². The Balaban J connectivity index is 1.58. The molecule has 1 unspecified atom stereocenters. The van der Waals surface area contributed by atoms with Crippen molar-refractivity contribution in [2.45, 2.75) is 37.5 Å². The lowest BCUT2D eigenvalue weighted by Gasteiger charge is -2.35. The van der Waals surface area contributed by atoms with Crippen LogP contribution in [0.4, 0.5) is 17.5 Å². The zero-order chi connectivity index (χ0) is 21.8. The van der Waals surface area contributed by atoms with E-state index in [-0.39, 0.29) is 23.8 Å². The van der Waals surface area contributed by atoms with Gasteiger partial charge in [0.1, 0.15) is 11.4 Å². The van der Waals surface area contributed by atoms with Gasteiger partial charge in [-0.25, -0.2) is 4.98 Å². The van der Waals surface area contributed by atoms with Gasteiger partial charge in [0.25, 0.3) is 5.91 Å². The van der Waals surface area contributed by atoms with Crippen molar-refractivity contribution in [1.82, 2.24) is 25.0 Å². The van der Waals surface area contributed by atoms with Crippen molar-refractivity contribution in [3.8, 4) is 5.69 Å². The first-order valence-electron chi connectivity index (χ1n) is 10.0. The molecule has 11 nitrogen and oxygen atoms in total. The molecule has 0 bridgehead atoms. The highest BCUT2D eigenvalue weighted by atomic mass is 16.5. The first-order valence-corrected chi connectivity index (χ1v) is 10.0. The maximum absolute atomic E-state index is 11.9. The molecular formula is C20H25N9O2. The number of hydrogen-bond acceptors (Lipinski definition) is 9. The second-order valence-corrected chi connectivity index (χ2v) is 7.35. The third-order valence-electron chi connectivity index (χ3n) is 5.33. The number of amides is 1. The number of carbonyl (C=O) groups excluding carboxylic acids is 1. The zero-order valence-corrected chi connectivity index (χ0v) is 17.1. The molecule has 0 spiro atoms. The number of carbonyl (C=O) groups is 1. The van der Waals surface area contributed by atoms with E-state index < -0.39 is 5.91 Å². The van der Waals surface area contributed by atoms with Crippen LogP contribution in [-0.2, 0) is 4.74 Å². The number of rotatable bonds is 7. The SMILES string of the molecule is COC1CCC[C@@H](Nc2ncc(C(N)=O)c(Nc3cccc(-n4nccn4)c3)n2)[C@H]1N. The average Bonchev–Trinajstić information content (AvgIpc) is 3.30. The van der Waals surface area contributed by atoms with Crippen LogP contribution in [0.1, 0.15) is 29.6 Å². The first kappa shape index (κ1) is 20.7. The van der Waals surface area contributed by atoms with Crippen molar-refractivity contribution in [2.75, 3.05) is 17.7 Å². The monoisotopic (exact) mass is 423 g/mol. The summed E-state index contributed by atoms with van der Waals surface area (Å²) in [4.78, 5) is 22.2. The van der Waals surface area contributed by atoms with Crippen molar-refractivity contribution in [3.63, 3.8) is 0 Å². The van der Waals surface area contributed by atoms with Crippen LogP contribution in [0.2, 0.25) is 0 Å². The number of ether oxygens (including phenoxy) is 1. The largest absolute Gasteiger partial charge is 0.380 e. The molecule has 2 heterocycles. The fourth-order valence-corrected chi connectivity index (χ4v) is 3.71. The van der Waals surface area contributed by atoms with E-state index in [1.807, 2.05) is 24.3 Å². The molecule has 31 heavy (non-hydrogen) atoms. The molecule has 1 fully saturated rings. The number of aromatic nitrogens is 5. The summed E-state index contributed by atoms with van der Waals surface area (Å²) in [5.74, 6) is 0.0191. The van der Waals surface area contributed by atoms with E-state index in [1.165, 1.54) is 11.0 Å². The maximum atomic E-state index is 11.9. The Kier molecular flexibility index (Phi) is 6.05. The van der Waals surface area contributed by atoms with Crippen molar-refractivity contribution < 1.29 is 9.53 Å². The highest BCUT2D eigenvalue weighted by molar-refractivity contribution is 5.98.